The predicted octanol–water partition coefficient (Wildman–Crippen LogP) is 4.16. The van der Waals surface area contributed by atoms with E-state index in [-0.39, 0.29) is 6.04 Å². The van der Waals surface area contributed by atoms with E-state index in [0.29, 0.717) is 11.8 Å². The number of aliphatic hydroxyl groups excluding tert-OH is 1. The molecule has 6 rings (SSSR count). The first-order valence-corrected chi connectivity index (χ1v) is 11.5. The number of benzene rings is 1. The SMILES string of the molecule is C=C[C@H]1CN2CC[C@H]1C[C@@H]2[C@@H](O)c1cc(N2CCCCC2)nc2ccc(OC)cc12. The second-order valence-corrected chi connectivity index (χ2v) is 9.19. The molecule has 5 heteroatoms. The standard InChI is InChI=1S/C25H33N3O2/c1-3-17-16-28-12-9-18(17)13-23(28)25(29)21-15-24(27-10-5-4-6-11-27)26-22-8-7-19(30-2)14-20(21)22/h3,7-8,14-15,17-18,23,25,29H,1,4-6,9-13,16H2,2H3/t17-,18-,23+,25-/m0/s1. The zero-order valence-electron chi connectivity index (χ0n) is 18.0. The van der Waals surface area contributed by atoms with Crippen LogP contribution in [0, 0.1) is 11.8 Å². The zero-order chi connectivity index (χ0) is 20.7. The van der Waals surface area contributed by atoms with E-state index in [0.717, 1.165) is 60.6 Å². The monoisotopic (exact) mass is 407 g/mol. The Labute approximate surface area is 179 Å². The summed E-state index contributed by atoms with van der Waals surface area (Å²) < 4.78 is 5.49. The second kappa shape index (κ2) is 8.20. The van der Waals surface area contributed by atoms with Crippen LogP contribution in [0.1, 0.15) is 43.8 Å². The van der Waals surface area contributed by atoms with Crippen LogP contribution in [0.2, 0.25) is 0 Å². The Balaban J connectivity index is 1.55. The molecule has 4 saturated heterocycles. The Morgan fingerprint density at radius 3 is 2.73 bits per heavy atom. The number of hydrogen-bond donors (Lipinski definition) is 1. The van der Waals surface area contributed by atoms with E-state index in [1.165, 1.54) is 25.7 Å². The van der Waals surface area contributed by atoms with Gasteiger partial charge in [-0.15, -0.1) is 6.58 Å². The lowest BCUT2D eigenvalue weighted by atomic mass is 9.73. The Kier molecular flexibility index (Phi) is 5.42. The molecule has 2 bridgehead atoms. The van der Waals surface area contributed by atoms with Gasteiger partial charge in [-0.3, -0.25) is 4.90 Å². The highest BCUT2D eigenvalue weighted by Gasteiger charge is 2.42. The molecule has 4 aliphatic rings. The maximum Gasteiger partial charge on any atom is 0.129 e. The first kappa shape index (κ1) is 19.8. The predicted molar refractivity (Wildman–Crippen MR) is 121 cm³/mol. The van der Waals surface area contributed by atoms with E-state index in [1.807, 2.05) is 18.2 Å². The van der Waals surface area contributed by atoms with E-state index >= 15 is 0 Å². The van der Waals surface area contributed by atoms with Gasteiger partial charge in [0.1, 0.15) is 11.6 Å². The van der Waals surface area contributed by atoms with Gasteiger partial charge in [0.25, 0.3) is 0 Å². The van der Waals surface area contributed by atoms with Gasteiger partial charge in [0.15, 0.2) is 0 Å². The van der Waals surface area contributed by atoms with E-state index in [4.69, 9.17) is 9.72 Å². The Morgan fingerprint density at radius 1 is 1.20 bits per heavy atom. The van der Waals surface area contributed by atoms with Crippen molar-refractivity contribution in [1.82, 2.24) is 9.88 Å². The number of hydrogen-bond acceptors (Lipinski definition) is 5. The largest absolute Gasteiger partial charge is 0.497 e. The number of aliphatic hydroxyl groups is 1. The first-order chi connectivity index (χ1) is 14.7. The first-order valence-electron chi connectivity index (χ1n) is 11.5. The molecule has 0 saturated carbocycles. The van der Waals surface area contributed by atoms with Crippen LogP contribution in [0.25, 0.3) is 10.9 Å². The maximum atomic E-state index is 11.7. The van der Waals surface area contributed by atoms with Crippen LogP contribution in [0.4, 0.5) is 5.82 Å². The molecule has 2 aromatic rings. The molecule has 160 valence electrons. The summed E-state index contributed by atoms with van der Waals surface area (Å²) in [6.45, 7) is 8.21. The number of methoxy groups -OCH3 is 1. The molecule has 4 aliphatic heterocycles. The van der Waals surface area contributed by atoms with Crippen LogP contribution in [0.15, 0.2) is 36.9 Å². The molecule has 0 spiro atoms. The third-order valence-corrected chi connectivity index (χ3v) is 7.55. The van der Waals surface area contributed by atoms with E-state index in [2.05, 4.69) is 28.5 Å². The summed E-state index contributed by atoms with van der Waals surface area (Å²) in [7, 11) is 1.69. The van der Waals surface area contributed by atoms with Crippen LogP contribution >= 0.6 is 0 Å². The van der Waals surface area contributed by atoms with Crippen LogP contribution in [-0.4, -0.2) is 54.3 Å². The van der Waals surface area contributed by atoms with Gasteiger partial charge in [-0.05, 0) is 80.3 Å². The normalized spacial score (nSPS) is 29.7. The Bertz CT molecular complexity index is 924. The lowest BCUT2D eigenvalue weighted by Gasteiger charge is -2.50. The lowest BCUT2D eigenvalue weighted by Crippen LogP contribution is -2.54. The van der Waals surface area contributed by atoms with Crippen molar-refractivity contribution in [2.24, 2.45) is 11.8 Å². The number of aromatic nitrogens is 1. The molecule has 30 heavy (non-hydrogen) atoms. The fourth-order valence-electron chi connectivity index (χ4n) is 5.79. The number of rotatable bonds is 5. The van der Waals surface area contributed by atoms with Crippen LogP contribution in [0.5, 0.6) is 5.75 Å². The third-order valence-electron chi connectivity index (χ3n) is 7.55. The molecule has 4 fully saturated rings. The van der Waals surface area contributed by atoms with Crippen molar-refractivity contribution in [1.29, 1.82) is 0 Å². The fraction of sp³-hybridized carbons (Fsp3) is 0.560. The highest BCUT2D eigenvalue weighted by Crippen LogP contribution is 2.43. The van der Waals surface area contributed by atoms with Crippen molar-refractivity contribution in [2.45, 2.75) is 44.2 Å². The van der Waals surface area contributed by atoms with Gasteiger partial charge in [0.05, 0.1) is 18.7 Å². The molecule has 0 radical (unpaired) electrons. The third kappa shape index (κ3) is 3.48. The van der Waals surface area contributed by atoms with Gasteiger partial charge < -0.3 is 14.7 Å². The molecule has 1 unspecified atom stereocenters. The van der Waals surface area contributed by atoms with Crippen molar-refractivity contribution in [3.05, 3.63) is 42.5 Å². The van der Waals surface area contributed by atoms with Gasteiger partial charge in [0, 0.05) is 31.1 Å². The van der Waals surface area contributed by atoms with Gasteiger partial charge in [-0.1, -0.05) is 6.08 Å². The molecular weight excluding hydrogens is 374 g/mol. The number of ether oxygens (including phenoxy) is 1. The summed E-state index contributed by atoms with van der Waals surface area (Å²) >= 11 is 0. The highest BCUT2D eigenvalue weighted by atomic mass is 16.5. The molecule has 1 N–H and O–H groups in total. The van der Waals surface area contributed by atoms with E-state index in [9.17, 15) is 5.11 Å². The van der Waals surface area contributed by atoms with E-state index < -0.39 is 6.10 Å². The van der Waals surface area contributed by atoms with Crippen molar-refractivity contribution in [2.75, 3.05) is 38.2 Å². The Morgan fingerprint density at radius 2 is 2.03 bits per heavy atom. The molecule has 5 heterocycles. The van der Waals surface area contributed by atoms with Crippen molar-refractivity contribution < 1.29 is 9.84 Å². The highest BCUT2D eigenvalue weighted by molar-refractivity contribution is 5.86. The average molecular weight is 408 g/mol. The van der Waals surface area contributed by atoms with E-state index in [1.54, 1.807) is 7.11 Å². The minimum absolute atomic E-state index is 0.158. The smallest absolute Gasteiger partial charge is 0.129 e. The average Bonchev–Trinajstić information content (AvgIpc) is 2.83. The molecule has 1 aromatic carbocycles. The van der Waals surface area contributed by atoms with Crippen LogP contribution < -0.4 is 9.64 Å². The zero-order valence-corrected chi connectivity index (χ0v) is 18.0. The lowest BCUT2D eigenvalue weighted by molar-refractivity contribution is -0.0444. The molecule has 0 amide bonds. The molecule has 1 aromatic heterocycles. The molecule has 5 nitrogen and oxygen atoms in total. The van der Waals surface area contributed by atoms with Crippen molar-refractivity contribution in [3.8, 4) is 5.75 Å². The second-order valence-electron chi connectivity index (χ2n) is 9.19. The summed E-state index contributed by atoms with van der Waals surface area (Å²) in [4.78, 5) is 9.82. The number of fused-ring (bicyclic) bond motifs is 4. The molecule has 5 atom stereocenters. The van der Waals surface area contributed by atoms with Gasteiger partial charge in [-0.2, -0.15) is 0 Å². The minimum atomic E-state index is -0.528. The summed E-state index contributed by atoms with van der Waals surface area (Å²) in [6, 6.07) is 8.33. The number of anilines is 1. The molecule has 0 aliphatic carbocycles. The van der Waals surface area contributed by atoms with Crippen molar-refractivity contribution >= 4 is 16.7 Å². The quantitative estimate of drug-likeness (QED) is 0.754. The Hall–Kier alpha value is -2.11. The summed E-state index contributed by atoms with van der Waals surface area (Å²) in [5.74, 6) is 3.00. The van der Waals surface area contributed by atoms with Crippen LogP contribution in [-0.2, 0) is 0 Å². The number of nitrogens with zero attached hydrogens (tertiary/aromatic N) is 3. The summed E-state index contributed by atoms with van der Waals surface area (Å²) in [5, 5.41) is 12.7. The van der Waals surface area contributed by atoms with Gasteiger partial charge in [0.2, 0.25) is 0 Å². The van der Waals surface area contributed by atoms with Gasteiger partial charge in [-0.25, -0.2) is 4.98 Å². The van der Waals surface area contributed by atoms with Crippen molar-refractivity contribution in [3.63, 3.8) is 0 Å². The van der Waals surface area contributed by atoms with Gasteiger partial charge >= 0.3 is 0 Å². The van der Waals surface area contributed by atoms with Crippen LogP contribution in [0.3, 0.4) is 0 Å². The topological polar surface area (TPSA) is 48.8 Å². The summed E-state index contributed by atoms with van der Waals surface area (Å²) in [5.41, 5.74) is 1.93. The maximum absolute atomic E-state index is 11.7. The minimum Gasteiger partial charge on any atom is -0.497 e. The number of pyridine rings is 1. The summed E-state index contributed by atoms with van der Waals surface area (Å²) in [6.07, 6.45) is 7.54. The number of piperidine rings is 4. The fourth-order valence-corrected chi connectivity index (χ4v) is 5.79. The molecular formula is C25H33N3O2.